The zero-order valence-corrected chi connectivity index (χ0v) is 12.4. The van der Waals surface area contributed by atoms with Crippen molar-refractivity contribution in [3.05, 3.63) is 71.5 Å². The Kier molecular flexibility index (Phi) is 3.39. The Labute approximate surface area is 129 Å². The third-order valence-corrected chi connectivity index (χ3v) is 4.02. The van der Waals surface area contributed by atoms with Crippen LogP contribution in [-0.2, 0) is 12.8 Å². The van der Waals surface area contributed by atoms with E-state index in [2.05, 4.69) is 52.8 Å². The molecule has 0 saturated carbocycles. The number of fused-ring (bicyclic) bond motifs is 1. The molecule has 3 aromatic rings. The average molecular weight is 290 g/mol. The van der Waals surface area contributed by atoms with E-state index in [-0.39, 0.29) is 0 Å². The molecule has 1 N–H and O–H groups in total. The average Bonchev–Trinajstić information content (AvgIpc) is 3.22. The highest BCUT2D eigenvalue weighted by molar-refractivity contribution is 6.02. The summed E-state index contributed by atoms with van der Waals surface area (Å²) in [4.78, 5) is 4.47. The van der Waals surface area contributed by atoms with Crippen molar-refractivity contribution in [2.24, 2.45) is 4.99 Å². The molecular weight excluding hydrogens is 272 g/mol. The summed E-state index contributed by atoms with van der Waals surface area (Å²) in [5.74, 6) is 2.03. The minimum absolute atomic E-state index is 0.862. The van der Waals surface area contributed by atoms with Crippen LogP contribution in [0.5, 0.6) is 0 Å². The number of amidine groups is 1. The van der Waals surface area contributed by atoms with E-state index >= 15 is 0 Å². The summed E-state index contributed by atoms with van der Waals surface area (Å²) in [6.45, 7) is 1.79. The third-order valence-electron chi connectivity index (χ3n) is 4.02. The van der Waals surface area contributed by atoms with Crippen molar-refractivity contribution < 1.29 is 4.42 Å². The molecule has 0 atom stereocenters. The van der Waals surface area contributed by atoms with Gasteiger partial charge in [0, 0.05) is 23.9 Å². The van der Waals surface area contributed by atoms with E-state index in [1.165, 1.54) is 5.56 Å². The second-order valence-electron chi connectivity index (χ2n) is 5.61. The van der Waals surface area contributed by atoms with Crippen molar-refractivity contribution in [3.63, 3.8) is 0 Å². The molecule has 22 heavy (non-hydrogen) atoms. The number of hydrogen-bond acceptors (Lipinski definition) is 3. The minimum atomic E-state index is 0.862. The van der Waals surface area contributed by atoms with E-state index in [1.54, 1.807) is 0 Å². The first-order chi connectivity index (χ1) is 10.9. The van der Waals surface area contributed by atoms with Crippen LogP contribution in [0, 0.1) is 0 Å². The highest BCUT2D eigenvalue weighted by Gasteiger charge is 2.10. The normalized spacial score (nSPS) is 14.1. The van der Waals surface area contributed by atoms with Gasteiger partial charge in [-0.3, -0.25) is 4.99 Å². The van der Waals surface area contributed by atoms with Crippen molar-refractivity contribution in [1.29, 1.82) is 0 Å². The number of hydrogen-bond donors (Lipinski definition) is 1. The monoisotopic (exact) mass is 290 g/mol. The number of furan rings is 1. The Morgan fingerprint density at radius 2 is 1.91 bits per heavy atom. The predicted molar refractivity (Wildman–Crippen MR) is 89.5 cm³/mol. The van der Waals surface area contributed by atoms with Gasteiger partial charge in [0.25, 0.3) is 0 Å². The topological polar surface area (TPSA) is 37.5 Å². The van der Waals surface area contributed by atoms with E-state index in [0.29, 0.717) is 0 Å². The predicted octanol–water partition coefficient (Wildman–Crippen LogP) is 3.57. The molecule has 0 saturated heterocycles. The number of rotatable bonds is 4. The molecule has 1 aromatic heterocycles. The Morgan fingerprint density at radius 3 is 2.73 bits per heavy atom. The van der Waals surface area contributed by atoms with E-state index in [0.717, 1.165) is 54.1 Å². The lowest BCUT2D eigenvalue weighted by Crippen LogP contribution is -2.19. The van der Waals surface area contributed by atoms with Crippen molar-refractivity contribution in [3.8, 4) is 0 Å². The summed E-state index contributed by atoms with van der Waals surface area (Å²) in [5.41, 5.74) is 3.43. The zero-order valence-electron chi connectivity index (χ0n) is 12.4. The number of aliphatic imine (C=N–C) groups is 1. The number of aryl methyl sites for hydroxylation is 2. The van der Waals surface area contributed by atoms with E-state index in [9.17, 15) is 0 Å². The quantitative estimate of drug-likeness (QED) is 0.797. The fraction of sp³-hybridized carbons (Fsp3) is 0.211. The van der Waals surface area contributed by atoms with E-state index in [4.69, 9.17) is 4.42 Å². The smallest absolute Gasteiger partial charge is 0.134 e. The first kappa shape index (κ1) is 13.1. The van der Waals surface area contributed by atoms with Gasteiger partial charge in [-0.05, 0) is 36.2 Å². The lowest BCUT2D eigenvalue weighted by atomic mass is 10.1. The van der Waals surface area contributed by atoms with Gasteiger partial charge >= 0.3 is 0 Å². The molecule has 110 valence electrons. The number of nitrogens with one attached hydrogen (secondary N) is 1. The molecule has 0 aliphatic carbocycles. The van der Waals surface area contributed by atoms with Gasteiger partial charge in [-0.1, -0.05) is 30.3 Å². The van der Waals surface area contributed by atoms with E-state index < -0.39 is 0 Å². The fourth-order valence-corrected chi connectivity index (χ4v) is 2.87. The second-order valence-corrected chi connectivity index (χ2v) is 5.61. The standard InChI is InChI=1S/C19H18N2O/c1-2-4-14(5-3-1)6-8-17-13-16-12-15(7-9-18(16)22-17)19-20-10-11-21-19/h1-5,7,9,12-13H,6,8,10-11H2,(H,20,21). The van der Waals surface area contributed by atoms with Crippen LogP contribution < -0.4 is 5.32 Å². The summed E-state index contributed by atoms with van der Waals surface area (Å²) >= 11 is 0. The van der Waals surface area contributed by atoms with Crippen LogP contribution >= 0.6 is 0 Å². The molecule has 1 aliphatic rings. The van der Waals surface area contributed by atoms with Crippen LogP contribution in [0.25, 0.3) is 11.0 Å². The van der Waals surface area contributed by atoms with Gasteiger partial charge in [0.05, 0.1) is 6.54 Å². The van der Waals surface area contributed by atoms with Crippen LogP contribution in [0.2, 0.25) is 0 Å². The molecule has 0 unspecified atom stereocenters. The minimum Gasteiger partial charge on any atom is -0.461 e. The molecule has 4 rings (SSSR count). The Morgan fingerprint density at radius 1 is 1.00 bits per heavy atom. The lowest BCUT2D eigenvalue weighted by Gasteiger charge is -2.01. The molecule has 0 radical (unpaired) electrons. The lowest BCUT2D eigenvalue weighted by molar-refractivity contribution is 0.547. The highest BCUT2D eigenvalue weighted by Crippen LogP contribution is 2.22. The van der Waals surface area contributed by atoms with Crippen LogP contribution in [-0.4, -0.2) is 18.9 Å². The summed E-state index contributed by atoms with van der Waals surface area (Å²) in [6.07, 6.45) is 1.93. The molecular formula is C19H18N2O. The van der Waals surface area contributed by atoms with Gasteiger partial charge in [-0.15, -0.1) is 0 Å². The van der Waals surface area contributed by atoms with Crippen LogP contribution in [0.15, 0.2) is 64.0 Å². The molecule has 2 aromatic carbocycles. The maximum absolute atomic E-state index is 5.95. The third kappa shape index (κ3) is 2.62. The van der Waals surface area contributed by atoms with Crippen LogP contribution in [0.3, 0.4) is 0 Å². The van der Waals surface area contributed by atoms with Crippen LogP contribution in [0.4, 0.5) is 0 Å². The summed E-state index contributed by atoms with van der Waals surface area (Å²) < 4.78 is 5.95. The summed E-state index contributed by atoms with van der Waals surface area (Å²) in [7, 11) is 0. The van der Waals surface area contributed by atoms with Crippen LogP contribution in [0.1, 0.15) is 16.9 Å². The number of nitrogens with zero attached hydrogens (tertiary/aromatic N) is 1. The SMILES string of the molecule is c1ccc(CCc2cc3cc(C4=NCCN4)ccc3o2)cc1. The van der Waals surface area contributed by atoms with E-state index in [1.807, 2.05) is 12.1 Å². The molecule has 0 fully saturated rings. The summed E-state index contributed by atoms with van der Waals surface area (Å²) in [6, 6.07) is 18.9. The van der Waals surface area contributed by atoms with Gasteiger partial charge in [-0.25, -0.2) is 0 Å². The first-order valence-corrected chi connectivity index (χ1v) is 7.73. The molecule has 3 heteroatoms. The molecule has 3 nitrogen and oxygen atoms in total. The maximum atomic E-state index is 5.95. The summed E-state index contributed by atoms with van der Waals surface area (Å²) in [5, 5.41) is 4.46. The number of benzene rings is 2. The van der Waals surface area contributed by atoms with Crippen molar-refractivity contribution in [2.75, 3.05) is 13.1 Å². The zero-order chi connectivity index (χ0) is 14.8. The Hall–Kier alpha value is -2.55. The second kappa shape index (κ2) is 5.68. The largest absolute Gasteiger partial charge is 0.461 e. The fourth-order valence-electron chi connectivity index (χ4n) is 2.87. The molecule has 0 amide bonds. The van der Waals surface area contributed by atoms with Gasteiger partial charge in [0.15, 0.2) is 0 Å². The van der Waals surface area contributed by atoms with Crippen molar-refractivity contribution in [1.82, 2.24) is 5.32 Å². The van der Waals surface area contributed by atoms with Gasteiger partial charge in [-0.2, -0.15) is 0 Å². The molecule has 1 aliphatic heterocycles. The van der Waals surface area contributed by atoms with Gasteiger partial charge in [0.1, 0.15) is 17.2 Å². The maximum Gasteiger partial charge on any atom is 0.134 e. The van der Waals surface area contributed by atoms with Gasteiger partial charge < -0.3 is 9.73 Å². The molecule has 0 spiro atoms. The molecule has 0 bridgehead atoms. The Balaban J connectivity index is 1.55. The van der Waals surface area contributed by atoms with Gasteiger partial charge in [0.2, 0.25) is 0 Å². The Bertz CT molecular complexity index is 818. The molecule has 2 heterocycles. The van der Waals surface area contributed by atoms with Crippen molar-refractivity contribution in [2.45, 2.75) is 12.8 Å². The first-order valence-electron chi connectivity index (χ1n) is 7.73. The highest BCUT2D eigenvalue weighted by atomic mass is 16.3. The van der Waals surface area contributed by atoms with Crippen molar-refractivity contribution >= 4 is 16.8 Å².